The molecule has 5 N–H and O–H groups in total. The lowest BCUT2D eigenvalue weighted by molar-refractivity contribution is -0.138. The van der Waals surface area contributed by atoms with Gasteiger partial charge < -0.3 is 40.0 Å². The maximum absolute atomic E-state index is 12.6. The third kappa shape index (κ3) is 7.05. The number of benzene rings is 1. The lowest BCUT2D eigenvalue weighted by Gasteiger charge is -2.36. The van der Waals surface area contributed by atoms with E-state index in [1.54, 1.807) is 20.8 Å². The Morgan fingerprint density at radius 2 is 1.92 bits per heavy atom. The van der Waals surface area contributed by atoms with E-state index in [1.807, 2.05) is 0 Å². The van der Waals surface area contributed by atoms with E-state index in [0.29, 0.717) is 24.0 Å². The lowest BCUT2D eigenvalue weighted by Crippen LogP contribution is -2.47. The van der Waals surface area contributed by atoms with Crippen LogP contribution in [0.4, 0.5) is 0 Å². The van der Waals surface area contributed by atoms with Crippen LogP contribution in [0.25, 0.3) is 0 Å². The van der Waals surface area contributed by atoms with Crippen LogP contribution in [0.5, 0.6) is 11.5 Å². The second-order valence-corrected chi connectivity index (χ2v) is 10.6. The van der Waals surface area contributed by atoms with E-state index in [2.05, 4.69) is 11.9 Å². The number of esters is 1. The van der Waals surface area contributed by atoms with Crippen molar-refractivity contribution in [3.8, 4) is 11.5 Å². The number of cyclic esters (lactones) is 1. The smallest absolute Gasteiger partial charge is 0.342 e. The van der Waals surface area contributed by atoms with Gasteiger partial charge in [0.2, 0.25) is 0 Å². The maximum Gasteiger partial charge on any atom is 0.342 e. The van der Waals surface area contributed by atoms with E-state index in [4.69, 9.17) is 14.2 Å². The number of methoxy groups -OCH3 is 1. The first-order chi connectivity index (χ1) is 17.9. The first-order valence-electron chi connectivity index (χ1n) is 13.1. The summed E-state index contributed by atoms with van der Waals surface area (Å²) >= 11 is 0. The molecule has 0 bridgehead atoms. The highest BCUT2D eigenvalue weighted by Crippen LogP contribution is 2.38. The Labute approximate surface area is 223 Å². The molecule has 1 aromatic carbocycles. The summed E-state index contributed by atoms with van der Waals surface area (Å²) in [6, 6.07) is 1.13. The normalized spacial score (nSPS) is 24.5. The van der Waals surface area contributed by atoms with Crippen LogP contribution in [0, 0.1) is 12.8 Å². The number of aliphatic hydroxyl groups excluding tert-OH is 2. The summed E-state index contributed by atoms with van der Waals surface area (Å²) in [6.45, 7) is 9.29. The van der Waals surface area contributed by atoms with Crippen molar-refractivity contribution in [2.24, 2.45) is 5.92 Å². The molecule has 1 amide bonds. The summed E-state index contributed by atoms with van der Waals surface area (Å²) in [5.74, 6) is -2.06. The van der Waals surface area contributed by atoms with Gasteiger partial charge in [-0.05, 0) is 57.1 Å². The van der Waals surface area contributed by atoms with Crippen LogP contribution in [0.1, 0.15) is 67.4 Å². The molecule has 1 fully saturated rings. The molecule has 3 rings (SSSR count). The SMILES string of the molecule is C=C(C)C[C@H](OC)[C@H](O)C(=O)NC[C@@H]1CCC[C@@H](C[C@H](O)[C@@H](C)[C@H]2Cc3c(C)c(O)cc(O)c3C(=O)O2)O1. The third-order valence-electron chi connectivity index (χ3n) is 7.65. The molecule has 1 saturated heterocycles. The number of aromatic hydroxyl groups is 2. The van der Waals surface area contributed by atoms with Gasteiger partial charge in [0.15, 0.2) is 6.10 Å². The monoisotopic (exact) mass is 535 g/mol. The minimum absolute atomic E-state index is 0.0558. The minimum Gasteiger partial charge on any atom is -0.508 e. The molecule has 2 heterocycles. The number of aliphatic hydroxyl groups is 2. The first-order valence-corrected chi connectivity index (χ1v) is 13.1. The van der Waals surface area contributed by atoms with Crippen LogP contribution in [-0.4, -0.2) is 82.6 Å². The number of phenols is 2. The summed E-state index contributed by atoms with van der Waals surface area (Å²) in [6.07, 6.45) is -0.669. The largest absolute Gasteiger partial charge is 0.508 e. The second-order valence-electron chi connectivity index (χ2n) is 10.6. The Morgan fingerprint density at radius 3 is 2.58 bits per heavy atom. The molecule has 7 atom stereocenters. The van der Waals surface area contributed by atoms with Gasteiger partial charge in [-0.25, -0.2) is 4.79 Å². The Hall–Kier alpha value is -2.66. The number of phenolic OH excluding ortho intramolecular Hbond substituents is 2. The number of nitrogens with one attached hydrogen (secondary N) is 1. The molecule has 1 aromatic rings. The number of hydrogen-bond donors (Lipinski definition) is 5. The summed E-state index contributed by atoms with van der Waals surface area (Å²) < 4.78 is 16.9. The lowest BCUT2D eigenvalue weighted by atomic mass is 9.84. The van der Waals surface area contributed by atoms with Gasteiger partial charge in [-0.2, -0.15) is 0 Å². The van der Waals surface area contributed by atoms with Gasteiger partial charge >= 0.3 is 5.97 Å². The van der Waals surface area contributed by atoms with Gasteiger partial charge in [0.25, 0.3) is 5.91 Å². The van der Waals surface area contributed by atoms with Gasteiger partial charge in [0.1, 0.15) is 23.2 Å². The van der Waals surface area contributed by atoms with E-state index in [9.17, 15) is 30.0 Å². The number of carbonyl (C=O) groups excluding carboxylic acids is 2. The molecule has 212 valence electrons. The molecule has 38 heavy (non-hydrogen) atoms. The molecule has 0 aromatic heterocycles. The topological polar surface area (TPSA) is 155 Å². The summed E-state index contributed by atoms with van der Waals surface area (Å²) in [4.78, 5) is 25.0. The fourth-order valence-electron chi connectivity index (χ4n) is 5.21. The standard InChI is InChI=1S/C28H41NO9/c1-14(2)9-24(36-5)26(33)27(34)29-13-18-8-6-7-17(37-18)10-20(30)16(4)23-11-19-15(3)21(31)12-22(32)25(19)28(35)38-23/h12,16-18,20,23-24,26,30-33H,1,6-11,13H2,2-5H3,(H,29,34)/t16-,17+,18+,20+,23-,24+,26+/m1/s1. The number of rotatable bonds is 11. The predicted octanol–water partition coefficient (Wildman–Crippen LogP) is 2.27. The van der Waals surface area contributed by atoms with Crippen LogP contribution in [0.3, 0.4) is 0 Å². The van der Waals surface area contributed by atoms with Crippen molar-refractivity contribution < 1.29 is 44.2 Å². The van der Waals surface area contributed by atoms with Crippen molar-refractivity contribution in [1.29, 1.82) is 0 Å². The van der Waals surface area contributed by atoms with E-state index < -0.39 is 42.2 Å². The van der Waals surface area contributed by atoms with Crippen LogP contribution in [-0.2, 0) is 25.4 Å². The predicted molar refractivity (Wildman–Crippen MR) is 139 cm³/mol. The minimum atomic E-state index is -1.32. The van der Waals surface area contributed by atoms with E-state index in [-0.39, 0.29) is 42.2 Å². The van der Waals surface area contributed by atoms with Gasteiger partial charge in [-0.3, -0.25) is 4.79 Å². The number of carbonyl (C=O) groups is 2. The third-order valence-corrected chi connectivity index (χ3v) is 7.65. The molecule has 0 aliphatic carbocycles. The summed E-state index contributed by atoms with van der Waals surface area (Å²) in [5, 5.41) is 44.2. The van der Waals surface area contributed by atoms with Gasteiger partial charge in [-0.1, -0.05) is 12.5 Å². The average Bonchev–Trinajstić information content (AvgIpc) is 2.87. The Kier molecular flexibility index (Phi) is 10.2. The zero-order chi connectivity index (χ0) is 28.1. The van der Waals surface area contributed by atoms with E-state index in [0.717, 1.165) is 30.9 Å². The number of ether oxygens (including phenoxy) is 3. The molecule has 0 unspecified atom stereocenters. The summed E-state index contributed by atoms with van der Waals surface area (Å²) in [5.41, 5.74) is 1.88. The molecule has 0 spiro atoms. The molecule has 2 aliphatic heterocycles. The maximum atomic E-state index is 12.6. The fraction of sp³-hybridized carbons (Fsp3) is 0.643. The number of amides is 1. The molecular formula is C28H41NO9. The van der Waals surface area contributed by atoms with Crippen molar-refractivity contribution in [1.82, 2.24) is 5.32 Å². The fourth-order valence-corrected chi connectivity index (χ4v) is 5.21. The van der Waals surface area contributed by atoms with Crippen LogP contribution >= 0.6 is 0 Å². The highest BCUT2D eigenvalue weighted by atomic mass is 16.5. The van der Waals surface area contributed by atoms with Crippen LogP contribution in [0.2, 0.25) is 0 Å². The Morgan fingerprint density at radius 1 is 1.24 bits per heavy atom. The Bertz CT molecular complexity index is 1030. The highest BCUT2D eigenvalue weighted by Gasteiger charge is 2.38. The number of fused-ring (bicyclic) bond motifs is 1. The zero-order valence-corrected chi connectivity index (χ0v) is 22.6. The van der Waals surface area contributed by atoms with Gasteiger partial charge in [0, 0.05) is 32.1 Å². The van der Waals surface area contributed by atoms with E-state index >= 15 is 0 Å². The van der Waals surface area contributed by atoms with Crippen molar-refractivity contribution in [2.45, 2.75) is 95.9 Å². The molecule has 2 aliphatic rings. The highest BCUT2D eigenvalue weighted by molar-refractivity contribution is 5.96. The quantitative estimate of drug-likeness (QED) is 0.212. The van der Waals surface area contributed by atoms with Gasteiger partial charge in [0.05, 0.1) is 24.4 Å². The van der Waals surface area contributed by atoms with E-state index in [1.165, 1.54) is 7.11 Å². The van der Waals surface area contributed by atoms with Crippen molar-refractivity contribution in [2.75, 3.05) is 13.7 Å². The molecule has 10 heteroatoms. The molecule has 10 nitrogen and oxygen atoms in total. The molecular weight excluding hydrogens is 494 g/mol. The van der Waals surface area contributed by atoms with Crippen molar-refractivity contribution in [3.63, 3.8) is 0 Å². The zero-order valence-electron chi connectivity index (χ0n) is 22.6. The number of hydrogen-bond acceptors (Lipinski definition) is 9. The van der Waals surface area contributed by atoms with Gasteiger partial charge in [-0.15, -0.1) is 6.58 Å². The molecule has 0 radical (unpaired) electrons. The summed E-state index contributed by atoms with van der Waals surface area (Å²) in [7, 11) is 1.44. The van der Waals surface area contributed by atoms with Crippen LogP contribution < -0.4 is 5.32 Å². The van der Waals surface area contributed by atoms with Crippen molar-refractivity contribution >= 4 is 11.9 Å². The second kappa shape index (κ2) is 12.9. The molecule has 0 saturated carbocycles. The average molecular weight is 536 g/mol. The Balaban J connectivity index is 1.53. The van der Waals surface area contributed by atoms with Crippen LogP contribution in [0.15, 0.2) is 18.2 Å². The van der Waals surface area contributed by atoms with Crippen molar-refractivity contribution in [3.05, 3.63) is 34.9 Å². The first kappa shape index (κ1) is 29.9.